The molecule has 2 rings (SSSR count). The number of carbonyl (C=O) groups excluding carboxylic acids is 1. The van der Waals surface area contributed by atoms with Gasteiger partial charge in [-0.1, -0.05) is 12.1 Å². The van der Waals surface area contributed by atoms with Crippen LogP contribution in [0.2, 0.25) is 0 Å². The predicted octanol–water partition coefficient (Wildman–Crippen LogP) is 1.50. The van der Waals surface area contributed by atoms with Gasteiger partial charge < -0.3 is 11.1 Å². The lowest BCUT2D eigenvalue weighted by molar-refractivity contribution is -0.384. The number of nitrogens with one attached hydrogen (secondary N) is 1. The molecule has 0 saturated carbocycles. The van der Waals surface area contributed by atoms with Crippen LogP contribution >= 0.6 is 0 Å². The van der Waals surface area contributed by atoms with Crippen molar-refractivity contribution >= 4 is 17.3 Å². The number of rotatable bonds is 4. The van der Waals surface area contributed by atoms with Crippen molar-refractivity contribution in [3.8, 4) is 0 Å². The molecular formula is C13H12N4O3. The Balaban J connectivity index is 2.01. The van der Waals surface area contributed by atoms with E-state index in [9.17, 15) is 14.9 Å². The number of nitro benzene ring substituents is 1. The molecule has 7 heteroatoms. The first-order chi connectivity index (χ1) is 9.56. The second-order valence-electron chi connectivity index (χ2n) is 4.09. The van der Waals surface area contributed by atoms with Crippen molar-refractivity contribution in [3.63, 3.8) is 0 Å². The van der Waals surface area contributed by atoms with Crippen LogP contribution in [0.4, 0.5) is 11.4 Å². The topological polar surface area (TPSA) is 111 Å². The van der Waals surface area contributed by atoms with Crippen LogP contribution in [-0.4, -0.2) is 15.8 Å². The van der Waals surface area contributed by atoms with Gasteiger partial charge in [-0.05, 0) is 17.7 Å². The van der Waals surface area contributed by atoms with Crippen molar-refractivity contribution in [2.45, 2.75) is 6.54 Å². The van der Waals surface area contributed by atoms with Crippen LogP contribution in [0.3, 0.4) is 0 Å². The Morgan fingerprint density at radius 2 is 2.15 bits per heavy atom. The standard InChI is InChI=1S/C13H12N4O3/c14-10-4-5-12(15-8-10)13(18)16-7-9-2-1-3-11(6-9)17(19)20/h1-6,8H,7,14H2,(H,16,18). The maximum Gasteiger partial charge on any atom is 0.270 e. The predicted molar refractivity (Wildman–Crippen MR) is 72.9 cm³/mol. The smallest absolute Gasteiger partial charge is 0.270 e. The Morgan fingerprint density at radius 3 is 2.80 bits per heavy atom. The van der Waals surface area contributed by atoms with Crippen molar-refractivity contribution in [2.75, 3.05) is 5.73 Å². The number of hydrogen-bond acceptors (Lipinski definition) is 5. The molecule has 0 aliphatic heterocycles. The lowest BCUT2D eigenvalue weighted by Gasteiger charge is -2.05. The third kappa shape index (κ3) is 3.29. The SMILES string of the molecule is Nc1ccc(C(=O)NCc2cccc([N+](=O)[O-])c2)nc1. The van der Waals surface area contributed by atoms with Crippen LogP contribution < -0.4 is 11.1 Å². The molecule has 0 aliphatic carbocycles. The van der Waals surface area contributed by atoms with Gasteiger partial charge in [-0.15, -0.1) is 0 Å². The van der Waals surface area contributed by atoms with E-state index < -0.39 is 4.92 Å². The first kappa shape index (κ1) is 13.5. The lowest BCUT2D eigenvalue weighted by atomic mass is 10.2. The largest absolute Gasteiger partial charge is 0.397 e. The van der Waals surface area contributed by atoms with Crippen molar-refractivity contribution in [3.05, 3.63) is 64.0 Å². The van der Waals surface area contributed by atoms with Gasteiger partial charge in [0.2, 0.25) is 0 Å². The molecule has 1 heterocycles. The maximum atomic E-state index is 11.8. The Kier molecular flexibility index (Phi) is 3.90. The summed E-state index contributed by atoms with van der Waals surface area (Å²) in [5.74, 6) is -0.364. The highest BCUT2D eigenvalue weighted by atomic mass is 16.6. The summed E-state index contributed by atoms with van der Waals surface area (Å²) < 4.78 is 0. The Labute approximate surface area is 114 Å². The van der Waals surface area contributed by atoms with Gasteiger partial charge >= 0.3 is 0 Å². The number of aromatic nitrogens is 1. The van der Waals surface area contributed by atoms with Crippen molar-refractivity contribution in [1.82, 2.24) is 10.3 Å². The van der Waals surface area contributed by atoms with E-state index in [1.165, 1.54) is 24.4 Å². The first-order valence-corrected chi connectivity index (χ1v) is 5.79. The summed E-state index contributed by atoms with van der Waals surface area (Å²) in [6.07, 6.45) is 1.39. The van der Waals surface area contributed by atoms with Gasteiger partial charge in [-0.3, -0.25) is 14.9 Å². The van der Waals surface area contributed by atoms with Crippen molar-refractivity contribution in [1.29, 1.82) is 0 Å². The Bertz CT molecular complexity index is 640. The van der Waals surface area contributed by atoms with Gasteiger partial charge in [0.15, 0.2) is 0 Å². The molecule has 3 N–H and O–H groups in total. The van der Waals surface area contributed by atoms with Crippen LogP contribution in [0.1, 0.15) is 16.1 Å². The molecule has 0 aliphatic rings. The number of nitrogens with two attached hydrogens (primary N) is 1. The number of non-ortho nitro benzene ring substituents is 1. The van der Waals surface area contributed by atoms with Gasteiger partial charge in [-0.2, -0.15) is 0 Å². The number of hydrogen-bond donors (Lipinski definition) is 2. The molecule has 20 heavy (non-hydrogen) atoms. The zero-order valence-electron chi connectivity index (χ0n) is 10.4. The summed E-state index contributed by atoms with van der Waals surface area (Å²) in [5.41, 5.74) is 6.82. The van der Waals surface area contributed by atoms with Crippen molar-refractivity contribution < 1.29 is 9.72 Å². The summed E-state index contributed by atoms with van der Waals surface area (Å²) >= 11 is 0. The van der Waals surface area contributed by atoms with E-state index in [0.717, 1.165) is 0 Å². The maximum absolute atomic E-state index is 11.8. The molecule has 7 nitrogen and oxygen atoms in total. The average Bonchev–Trinajstić information content (AvgIpc) is 2.46. The fourth-order valence-electron chi connectivity index (χ4n) is 1.59. The number of anilines is 1. The second kappa shape index (κ2) is 5.79. The summed E-state index contributed by atoms with van der Waals surface area (Å²) in [5, 5.41) is 13.3. The number of carbonyl (C=O) groups is 1. The van der Waals surface area contributed by atoms with E-state index in [-0.39, 0.29) is 23.8 Å². The molecule has 2 aromatic rings. The number of pyridine rings is 1. The van der Waals surface area contributed by atoms with E-state index >= 15 is 0 Å². The summed E-state index contributed by atoms with van der Waals surface area (Å²) in [6.45, 7) is 0.187. The molecular weight excluding hydrogens is 260 g/mol. The molecule has 0 atom stereocenters. The van der Waals surface area contributed by atoms with Crippen LogP contribution in [0, 0.1) is 10.1 Å². The van der Waals surface area contributed by atoms with E-state index in [4.69, 9.17) is 5.73 Å². The second-order valence-corrected chi connectivity index (χ2v) is 4.09. The van der Waals surface area contributed by atoms with Crippen LogP contribution in [0.15, 0.2) is 42.6 Å². The molecule has 0 radical (unpaired) electrons. The highest BCUT2D eigenvalue weighted by Crippen LogP contribution is 2.12. The van der Waals surface area contributed by atoms with E-state index in [2.05, 4.69) is 10.3 Å². The highest BCUT2D eigenvalue weighted by molar-refractivity contribution is 5.92. The fraction of sp³-hybridized carbons (Fsp3) is 0.0769. The molecule has 0 fully saturated rings. The van der Waals surface area contributed by atoms with Crippen molar-refractivity contribution in [2.24, 2.45) is 0 Å². The minimum absolute atomic E-state index is 0.0117. The van der Waals surface area contributed by atoms with Crippen LogP contribution in [0.5, 0.6) is 0 Å². The monoisotopic (exact) mass is 272 g/mol. The fourth-order valence-corrected chi connectivity index (χ4v) is 1.59. The number of nitrogen functional groups attached to an aromatic ring is 1. The van der Waals surface area contributed by atoms with Gasteiger partial charge in [0, 0.05) is 18.7 Å². The molecule has 0 unspecified atom stereocenters. The molecule has 0 spiro atoms. The minimum Gasteiger partial charge on any atom is -0.397 e. The van der Waals surface area contributed by atoms with Gasteiger partial charge in [0.1, 0.15) is 5.69 Å². The quantitative estimate of drug-likeness (QED) is 0.647. The van der Waals surface area contributed by atoms with Gasteiger partial charge in [-0.25, -0.2) is 4.98 Å². The zero-order valence-corrected chi connectivity index (χ0v) is 10.4. The molecule has 0 bridgehead atoms. The molecule has 102 valence electrons. The average molecular weight is 272 g/mol. The number of nitrogens with zero attached hydrogens (tertiary/aromatic N) is 2. The number of amides is 1. The summed E-state index contributed by atoms with van der Waals surface area (Å²) in [4.78, 5) is 25.9. The normalized spacial score (nSPS) is 10.0. The molecule has 0 saturated heterocycles. The minimum atomic E-state index is -0.479. The van der Waals surface area contributed by atoms with Gasteiger partial charge in [0.25, 0.3) is 11.6 Å². The third-order valence-corrected chi connectivity index (χ3v) is 2.59. The third-order valence-electron chi connectivity index (χ3n) is 2.59. The first-order valence-electron chi connectivity index (χ1n) is 5.79. The number of benzene rings is 1. The van der Waals surface area contributed by atoms with E-state index in [1.807, 2.05) is 0 Å². The van der Waals surface area contributed by atoms with Crippen LogP contribution in [-0.2, 0) is 6.54 Å². The molecule has 1 aromatic heterocycles. The van der Waals surface area contributed by atoms with E-state index in [1.54, 1.807) is 18.2 Å². The highest BCUT2D eigenvalue weighted by Gasteiger charge is 2.09. The Hall–Kier alpha value is -2.96. The zero-order chi connectivity index (χ0) is 14.5. The summed E-state index contributed by atoms with van der Waals surface area (Å²) in [6, 6.07) is 9.17. The molecule has 1 aromatic carbocycles. The van der Waals surface area contributed by atoms with Gasteiger partial charge in [0.05, 0.1) is 16.8 Å². The molecule has 1 amide bonds. The lowest BCUT2D eigenvalue weighted by Crippen LogP contribution is -2.23. The Morgan fingerprint density at radius 1 is 1.35 bits per heavy atom. The van der Waals surface area contributed by atoms with Crippen LogP contribution in [0.25, 0.3) is 0 Å². The summed E-state index contributed by atoms with van der Waals surface area (Å²) in [7, 11) is 0. The number of nitro groups is 1. The van der Waals surface area contributed by atoms with E-state index in [0.29, 0.717) is 11.3 Å².